The first-order valence-electron chi connectivity index (χ1n) is 7.03. The van der Waals surface area contributed by atoms with Gasteiger partial charge in [-0.3, -0.25) is 4.79 Å². The summed E-state index contributed by atoms with van der Waals surface area (Å²) in [6, 6.07) is 12.0. The number of quaternary nitrogens is 1. The Hall–Kier alpha value is -2.34. The van der Waals surface area contributed by atoms with Crippen molar-refractivity contribution >= 4 is 45.1 Å². The molecular weight excluding hydrogens is 330 g/mol. The lowest BCUT2D eigenvalue weighted by Crippen LogP contribution is -2.88. The van der Waals surface area contributed by atoms with Crippen LogP contribution in [0.15, 0.2) is 55.0 Å². The molecule has 114 valence electrons. The van der Waals surface area contributed by atoms with Gasteiger partial charge in [-0.05, 0) is 28.7 Å². The number of fused-ring (bicyclic) bond motifs is 1. The lowest BCUT2D eigenvalue weighted by atomic mass is 10.2. The summed E-state index contributed by atoms with van der Waals surface area (Å²) < 4.78 is 1.64. The van der Waals surface area contributed by atoms with Crippen molar-refractivity contribution in [2.24, 2.45) is 0 Å². The third kappa shape index (κ3) is 2.49. The molecule has 4 nitrogen and oxygen atoms in total. The van der Waals surface area contributed by atoms with Crippen LogP contribution >= 0.6 is 11.6 Å². The zero-order valence-corrected chi connectivity index (χ0v) is 13.5. The van der Waals surface area contributed by atoms with Crippen molar-refractivity contribution in [2.75, 3.05) is 0 Å². The van der Waals surface area contributed by atoms with Crippen LogP contribution in [-0.2, 0) is 11.4 Å². The van der Waals surface area contributed by atoms with Crippen molar-refractivity contribution in [1.82, 2.24) is 4.98 Å². The molecule has 0 atom stereocenters. The molecule has 0 bridgehead atoms. The van der Waals surface area contributed by atoms with E-state index in [1.165, 1.54) is 11.4 Å². The summed E-state index contributed by atoms with van der Waals surface area (Å²) in [5, 5.41) is 6.33. The highest BCUT2D eigenvalue weighted by Crippen LogP contribution is 2.21. The zero-order chi connectivity index (χ0) is 15.8. The summed E-state index contributed by atoms with van der Waals surface area (Å²) in [4.78, 5) is 16.9. The highest BCUT2D eigenvalue weighted by Gasteiger charge is 2.29. The van der Waals surface area contributed by atoms with E-state index in [2.05, 4.69) is 4.98 Å². The number of hydrogen-bond acceptors (Lipinski definition) is 2. The van der Waals surface area contributed by atoms with Crippen LogP contribution in [0.5, 0.6) is 0 Å². The van der Waals surface area contributed by atoms with Crippen LogP contribution in [0, 0.1) is 11.4 Å². The topological polar surface area (TPSA) is 50.5 Å². The molecule has 2 aromatic heterocycles. The Kier molecular flexibility index (Phi) is 3.53. The van der Waals surface area contributed by atoms with Gasteiger partial charge in [-0.1, -0.05) is 30.0 Å². The number of pyridine rings is 1. The van der Waals surface area contributed by atoms with Crippen LogP contribution in [-0.4, -0.2) is 16.3 Å². The summed E-state index contributed by atoms with van der Waals surface area (Å²) in [7, 11) is 0. The van der Waals surface area contributed by atoms with Crippen molar-refractivity contribution in [2.45, 2.75) is 0 Å². The summed E-state index contributed by atoms with van der Waals surface area (Å²) in [6.07, 6.45) is 5.30. The molecule has 3 heterocycles. The van der Waals surface area contributed by atoms with Crippen LogP contribution < -0.4 is 9.88 Å². The molecule has 4 rings (SSSR count). The van der Waals surface area contributed by atoms with Gasteiger partial charge in [0.1, 0.15) is 5.52 Å². The molecule has 0 saturated heterocycles. The largest absolute Gasteiger partial charge is 0.413 e. The molecule has 0 radical (unpaired) electrons. The monoisotopic (exact) mass is 341 g/mol. The molecule has 6 heteroatoms. The molecule has 0 fully saturated rings. The Labute approximate surface area is 142 Å². The molecule has 0 unspecified atom stereocenters. The number of rotatable bonds is 2. The van der Waals surface area contributed by atoms with Gasteiger partial charge in [0.15, 0.2) is 11.4 Å². The van der Waals surface area contributed by atoms with E-state index in [0.29, 0.717) is 11.1 Å². The normalized spacial score (nSPS) is 14.0. The van der Waals surface area contributed by atoms with Gasteiger partial charge in [0.05, 0.1) is 11.6 Å². The van der Waals surface area contributed by atoms with Crippen molar-refractivity contribution < 1.29 is 14.7 Å². The maximum absolute atomic E-state index is 12.8. The van der Waals surface area contributed by atoms with Gasteiger partial charge < -0.3 is 10.3 Å². The van der Waals surface area contributed by atoms with E-state index in [4.69, 9.17) is 11.6 Å². The molecule has 1 aromatic carbocycles. The standard InChI is InChI=1S/C17H12ClN3OS/c18-13-4-1-5-15-12(13)6-8-21(15)17(22)14-10-23-16(20-14)11-3-2-7-19-9-11/h1-10H,20H2. The third-order valence-electron chi connectivity index (χ3n) is 3.69. The van der Waals surface area contributed by atoms with Gasteiger partial charge in [0, 0.05) is 0 Å². The van der Waals surface area contributed by atoms with Gasteiger partial charge in [-0.15, -0.1) is 23.7 Å². The van der Waals surface area contributed by atoms with Crippen LogP contribution in [0.25, 0.3) is 10.9 Å². The molecule has 3 aromatic rings. The fraction of sp³-hybridized carbons (Fsp3) is 0. The maximum Gasteiger partial charge on any atom is 0.267 e. The molecule has 0 aliphatic carbocycles. The summed E-state index contributed by atoms with van der Waals surface area (Å²) in [5.74, 6) is -0.0614. The summed E-state index contributed by atoms with van der Waals surface area (Å²) in [6.45, 7) is 0. The van der Waals surface area contributed by atoms with Gasteiger partial charge in [-0.25, -0.2) is 4.57 Å². The highest BCUT2D eigenvalue weighted by atomic mass is 35.5. The Morgan fingerprint density at radius 1 is 1.30 bits per heavy atom. The number of nitrogens with zero attached hydrogens (tertiary/aromatic N) is 2. The van der Waals surface area contributed by atoms with E-state index in [9.17, 15) is 4.79 Å². The number of hydrogen-bond donors (Lipinski definition) is 1. The maximum atomic E-state index is 12.8. The van der Waals surface area contributed by atoms with Crippen LogP contribution in [0.2, 0.25) is 5.02 Å². The Balaban J connectivity index is 1.61. The van der Waals surface area contributed by atoms with E-state index >= 15 is 0 Å². The average molecular weight is 342 g/mol. The molecule has 1 aliphatic rings. The predicted molar refractivity (Wildman–Crippen MR) is 90.6 cm³/mol. The number of aromatic nitrogens is 2. The minimum atomic E-state index is -0.0614. The van der Waals surface area contributed by atoms with Crippen molar-refractivity contribution in [3.8, 4) is 0 Å². The number of benzene rings is 1. The quantitative estimate of drug-likeness (QED) is 0.328. The first-order valence-corrected chi connectivity index (χ1v) is 8.29. The molecule has 1 aliphatic heterocycles. The fourth-order valence-electron chi connectivity index (χ4n) is 2.55. The smallest absolute Gasteiger partial charge is 0.267 e. The average Bonchev–Trinajstić information content (AvgIpc) is 3.23. The second kappa shape index (κ2) is 5.70. The number of halogens is 1. The number of carbonyl (C=O) groups is 1. The van der Waals surface area contributed by atoms with E-state index in [1.807, 2.05) is 47.1 Å². The van der Waals surface area contributed by atoms with Gasteiger partial charge in [0.25, 0.3) is 11.3 Å². The van der Waals surface area contributed by atoms with Crippen molar-refractivity contribution in [1.29, 1.82) is 0 Å². The zero-order valence-electron chi connectivity index (χ0n) is 11.9. The molecule has 0 spiro atoms. The number of nitrogens with two attached hydrogens (primary N) is 1. The second-order valence-electron chi connectivity index (χ2n) is 5.10. The molecule has 0 amide bonds. The molecule has 0 saturated carbocycles. The minimum absolute atomic E-state index is 0.0614. The molecule has 2 N–H and O–H groups in total. The molecule has 23 heavy (non-hydrogen) atoms. The van der Waals surface area contributed by atoms with Crippen LogP contribution in [0.4, 0.5) is 0 Å². The second-order valence-corrected chi connectivity index (χ2v) is 6.42. The van der Waals surface area contributed by atoms with E-state index < -0.39 is 0 Å². The van der Waals surface area contributed by atoms with E-state index in [-0.39, 0.29) is 5.91 Å². The van der Waals surface area contributed by atoms with Gasteiger partial charge in [-0.2, -0.15) is 0 Å². The van der Waals surface area contributed by atoms with Crippen molar-refractivity contribution in [3.05, 3.63) is 77.0 Å². The molecular formula is C17H12ClN3OS. The van der Waals surface area contributed by atoms with Gasteiger partial charge >= 0.3 is 0 Å². The Morgan fingerprint density at radius 2 is 2.22 bits per heavy atom. The Bertz CT molecular complexity index is 907. The highest BCUT2D eigenvalue weighted by molar-refractivity contribution is 7.81. The lowest BCUT2D eigenvalue weighted by molar-refractivity contribution is -0.612. The van der Waals surface area contributed by atoms with Crippen molar-refractivity contribution in [3.63, 3.8) is 0 Å². The summed E-state index contributed by atoms with van der Waals surface area (Å²) in [5.41, 5.74) is 1.83. The van der Waals surface area contributed by atoms with E-state index in [1.54, 1.807) is 23.2 Å². The SMILES string of the molecule is O=C([C-]1C=[S+][C-](c2cccnc2)[NH2+]1)[n+]1ccc2c(Cl)ccc[c-]21. The lowest BCUT2D eigenvalue weighted by Gasteiger charge is -2.16. The van der Waals surface area contributed by atoms with E-state index in [0.717, 1.165) is 21.8 Å². The third-order valence-corrected chi connectivity index (χ3v) is 5.00. The first kappa shape index (κ1) is 14.3. The van der Waals surface area contributed by atoms with Gasteiger partial charge in [0.2, 0.25) is 0 Å². The van der Waals surface area contributed by atoms with Crippen LogP contribution in [0.1, 0.15) is 10.4 Å². The number of carbonyl (C=O) groups excluding carboxylic acids is 1. The van der Waals surface area contributed by atoms with Crippen LogP contribution in [0.3, 0.4) is 0 Å². The first-order chi connectivity index (χ1) is 11.2. The fourth-order valence-corrected chi connectivity index (χ4v) is 3.66. The minimum Gasteiger partial charge on any atom is -0.413 e. The predicted octanol–water partition coefficient (Wildman–Crippen LogP) is 1.07. The Morgan fingerprint density at radius 3 is 3.04 bits per heavy atom. The summed E-state index contributed by atoms with van der Waals surface area (Å²) >= 11 is 7.71.